The van der Waals surface area contributed by atoms with E-state index in [-0.39, 0.29) is 0 Å². The second kappa shape index (κ2) is 5.44. The van der Waals surface area contributed by atoms with Gasteiger partial charge in [0, 0.05) is 13.1 Å². The summed E-state index contributed by atoms with van der Waals surface area (Å²) in [7, 11) is 0. The first kappa shape index (κ1) is 13.0. The highest BCUT2D eigenvalue weighted by atomic mass is 35.5. The van der Waals surface area contributed by atoms with E-state index in [0.717, 1.165) is 24.3 Å². The van der Waals surface area contributed by atoms with Crippen LogP contribution in [0.25, 0.3) is 0 Å². The number of nitrogens with zero attached hydrogens (tertiary/aromatic N) is 1. The van der Waals surface area contributed by atoms with Crippen LogP contribution in [-0.2, 0) is 4.79 Å². The Morgan fingerprint density at radius 2 is 2.11 bits per heavy atom. The second-order valence-electron chi connectivity index (χ2n) is 4.39. The zero-order chi connectivity index (χ0) is 13.1. The molecule has 0 fully saturated rings. The molecule has 0 bridgehead atoms. The largest absolute Gasteiger partial charge is 0.481 e. The number of carbonyl (C=O) groups is 1. The second-order valence-corrected chi connectivity index (χ2v) is 4.79. The lowest BCUT2D eigenvalue weighted by atomic mass is 9.96. The Balaban J connectivity index is 2.26. The fraction of sp³-hybridized carbons (Fsp3) is 0.357. The minimum atomic E-state index is -0.802. The molecule has 1 N–H and O–H groups in total. The fourth-order valence-corrected chi connectivity index (χ4v) is 2.53. The molecule has 18 heavy (non-hydrogen) atoms. The van der Waals surface area contributed by atoms with Crippen LogP contribution in [0.3, 0.4) is 0 Å². The average molecular weight is 266 g/mol. The maximum absolute atomic E-state index is 11.1. The summed E-state index contributed by atoms with van der Waals surface area (Å²) in [6, 6.07) is 5.55. The first-order valence-corrected chi connectivity index (χ1v) is 6.43. The molecule has 1 aromatic rings. The lowest BCUT2D eigenvalue weighted by molar-refractivity contribution is -0.138. The predicted octanol–water partition coefficient (Wildman–Crippen LogP) is 3.29. The van der Waals surface area contributed by atoms with Gasteiger partial charge in [0.2, 0.25) is 0 Å². The van der Waals surface area contributed by atoms with E-state index in [2.05, 4.69) is 17.1 Å². The van der Waals surface area contributed by atoms with Crippen LogP contribution in [0.15, 0.2) is 30.4 Å². The van der Waals surface area contributed by atoms with E-state index < -0.39 is 11.9 Å². The highest BCUT2D eigenvalue weighted by molar-refractivity contribution is 6.33. The quantitative estimate of drug-likeness (QED) is 0.850. The topological polar surface area (TPSA) is 40.5 Å². The Morgan fingerprint density at radius 3 is 2.61 bits per heavy atom. The van der Waals surface area contributed by atoms with Crippen molar-refractivity contribution in [3.05, 3.63) is 40.9 Å². The normalized spacial score (nSPS) is 16.0. The van der Waals surface area contributed by atoms with Crippen LogP contribution in [0.4, 0.5) is 5.69 Å². The maximum Gasteiger partial charge on any atom is 0.310 e. The van der Waals surface area contributed by atoms with Crippen LogP contribution in [0.1, 0.15) is 24.8 Å². The van der Waals surface area contributed by atoms with Gasteiger partial charge in [-0.1, -0.05) is 36.7 Å². The molecule has 0 amide bonds. The minimum Gasteiger partial charge on any atom is -0.481 e. The minimum absolute atomic E-state index is 0.478. The van der Waals surface area contributed by atoms with Crippen LogP contribution < -0.4 is 4.90 Å². The highest BCUT2D eigenvalue weighted by Gasteiger charge is 2.19. The van der Waals surface area contributed by atoms with Crippen molar-refractivity contribution in [2.75, 3.05) is 18.0 Å². The summed E-state index contributed by atoms with van der Waals surface area (Å²) in [5, 5.41) is 9.76. The van der Waals surface area contributed by atoms with Gasteiger partial charge < -0.3 is 10.0 Å². The van der Waals surface area contributed by atoms with Crippen LogP contribution in [0.5, 0.6) is 0 Å². The molecule has 1 aliphatic rings. The summed E-state index contributed by atoms with van der Waals surface area (Å²) in [5.41, 5.74) is 1.73. The third kappa shape index (κ3) is 2.51. The molecule has 0 radical (unpaired) electrons. The SMILES string of the molecule is CCC(C(=O)O)c1ccc(N2CC=CC2)c(Cl)c1. The number of aliphatic carboxylic acids is 1. The fourth-order valence-electron chi connectivity index (χ4n) is 2.22. The van der Waals surface area contributed by atoms with Crippen molar-refractivity contribution in [1.82, 2.24) is 0 Å². The molecule has 1 aromatic carbocycles. The van der Waals surface area contributed by atoms with E-state index in [0.29, 0.717) is 11.4 Å². The highest BCUT2D eigenvalue weighted by Crippen LogP contribution is 2.31. The van der Waals surface area contributed by atoms with Gasteiger partial charge in [0.25, 0.3) is 0 Å². The van der Waals surface area contributed by atoms with E-state index in [9.17, 15) is 4.79 Å². The molecule has 96 valence electrons. The molecular weight excluding hydrogens is 250 g/mol. The van der Waals surface area contributed by atoms with Gasteiger partial charge in [-0.3, -0.25) is 4.79 Å². The molecule has 0 saturated carbocycles. The van der Waals surface area contributed by atoms with Gasteiger partial charge in [0.15, 0.2) is 0 Å². The summed E-state index contributed by atoms with van der Waals surface area (Å²) < 4.78 is 0. The summed E-state index contributed by atoms with van der Waals surface area (Å²) in [6.45, 7) is 3.58. The molecule has 4 heteroatoms. The molecule has 0 aliphatic carbocycles. The van der Waals surface area contributed by atoms with Crippen molar-refractivity contribution >= 4 is 23.3 Å². The first-order chi connectivity index (χ1) is 8.63. The summed E-state index contributed by atoms with van der Waals surface area (Å²) >= 11 is 6.25. The Hall–Kier alpha value is -1.48. The molecule has 0 spiro atoms. The Bertz CT molecular complexity index is 477. The Kier molecular flexibility index (Phi) is 3.92. The number of carboxylic acids is 1. The number of hydrogen-bond acceptors (Lipinski definition) is 2. The standard InChI is InChI=1S/C14H16ClNO2/c1-2-11(14(17)18)10-5-6-13(12(15)9-10)16-7-3-4-8-16/h3-6,9,11H,2,7-8H2,1H3,(H,17,18). The third-order valence-electron chi connectivity index (χ3n) is 3.24. The average Bonchev–Trinajstić information content (AvgIpc) is 2.83. The Morgan fingerprint density at radius 1 is 1.44 bits per heavy atom. The van der Waals surface area contributed by atoms with Gasteiger partial charge in [0.1, 0.15) is 0 Å². The molecule has 1 atom stereocenters. The summed E-state index contributed by atoms with van der Waals surface area (Å²) in [6.07, 6.45) is 4.75. The van der Waals surface area contributed by atoms with Crippen molar-refractivity contribution in [3.8, 4) is 0 Å². The summed E-state index contributed by atoms with van der Waals surface area (Å²) in [5.74, 6) is -1.28. The van der Waals surface area contributed by atoms with E-state index in [4.69, 9.17) is 16.7 Å². The van der Waals surface area contributed by atoms with Crippen molar-refractivity contribution < 1.29 is 9.90 Å². The number of halogens is 1. The molecule has 1 heterocycles. The van der Waals surface area contributed by atoms with Gasteiger partial charge in [-0.25, -0.2) is 0 Å². The van der Waals surface area contributed by atoms with Gasteiger partial charge in [-0.2, -0.15) is 0 Å². The molecule has 1 unspecified atom stereocenters. The molecule has 0 saturated heterocycles. The number of hydrogen-bond donors (Lipinski definition) is 1. The van der Waals surface area contributed by atoms with Gasteiger partial charge in [-0.05, 0) is 24.1 Å². The number of benzene rings is 1. The number of carboxylic acid groups (broad SMARTS) is 1. The smallest absolute Gasteiger partial charge is 0.310 e. The zero-order valence-electron chi connectivity index (χ0n) is 10.3. The van der Waals surface area contributed by atoms with E-state index >= 15 is 0 Å². The lowest BCUT2D eigenvalue weighted by Gasteiger charge is -2.20. The van der Waals surface area contributed by atoms with Gasteiger partial charge in [0.05, 0.1) is 16.6 Å². The third-order valence-corrected chi connectivity index (χ3v) is 3.54. The van der Waals surface area contributed by atoms with Crippen molar-refractivity contribution in [3.63, 3.8) is 0 Å². The lowest BCUT2D eigenvalue weighted by Crippen LogP contribution is -2.19. The van der Waals surface area contributed by atoms with Crippen LogP contribution >= 0.6 is 11.6 Å². The first-order valence-electron chi connectivity index (χ1n) is 6.05. The van der Waals surface area contributed by atoms with Crippen molar-refractivity contribution in [2.24, 2.45) is 0 Å². The van der Waals surface area contributed by atoms with Crippen molar-refractivity contribution in [2.45, 2.75) is 19.3 Å². The zero-order valence-corrected chi connectivity index (χ0v) is 11.0. The number of rotatable bonds is 4. The van der Waals surface area contributed by atoms with E-state index in [1.165, 1.54) is 0 Å². The van der Waals surface area contributed by atoms with Crippen LogP contribution in [0.2, 0.25) is 5.02 Å². The van der Waals surface area contributed by atoms with E-state index in [1.807, 2.05) is 19.1 Å². The van der Waals surface area contributed by atoms with Gasteiger partial charge in [-0.15, -0.1) is 0 Å². The molecular formula is C14H16ClNO2. The van der Waals surface area contributed by atoms with E-state index in [1.54, 1.807) is 6.07 Å². The monoisotopic (exact) mass is 265 g/mol. The van der Waals surface area contributed by atoms with Crippen LogP contribution in [-0.4, -0.2) is 24.2 Å². The summed E-state index contributed by atoms with van der Waals surface area (Å²) in [4.78, 5) is 13.3. The van der Waals surface area contributed by atoms with Crippen LogP contribution in [0, 0.1) is 0 Å². The van der Waals surface area contributed by atoms with Crippen molar-refractivity contribution in [1.29, 1.82) is 0 Å². The maximum atomic E-state index is 11.1. The molecule has 0 aromatic heterocycles. The Labute approximate surface area is 112 Å². The predicted molar refractivity (Wildman–Crippen MR) is 73.5 cm³/mol. The molecule has 1 aliphatic heterocycles. The molecule has 3 nitrogen and oxygen atoms in total. The number of anilines is 1. The van der Waals surface area contributed by atoms with Gasteiger partial charge >= 0.3 is 5.97 Å². The molecule has 2 rings (SSSR count).